The van der Waals surface area contributed by atoms with Crippen LogP contribution in [0.3, 0.4) is 0 Å². The number of nitrogen functional groups attached to an aromatic ring is 1. The van der Waals surface area contributed by atoms with E-state index in [2.05, 4.69) is 10.3 Å². The van der Waals surface area contributed by atoms with Gasteiger partial charge in [0.25, 0.3) is 11.6 Å². The van der Waals surface area contributed by atoms with Gasteiger partial charge < -0.3 is 11.1 Å². The number of nitro benzene ring substituents is 1. The van der Waals surface area contributed by atoms with E-state index in [-0.39, 0.29) is 23.5 Å². The SMILES string of the molecule is Nc1ccc(C(=O)NCc2nc3ccccc3s2)cc1[N+](=O)[O-]. The summed E-state index contributed by atoms with van der Waals surface area (Å²) < 4.78 is 1.04. The first-order valence-electron chi connectivity index (χ1n) is 6.71. The number of thiazole rings is 1. The lowest BCUT2D eigenvalue weighted by Crippen LogP contribution is -2.22. The Balaban J connectivity index is 1.74. The largest absolute Gasteiger partial charge is 0.393 e. The van der Waals surface area contributed by atoms with E-state index < -0.39 is 10.8 Å². The third kappa shape index (κ3) is 3.11. The van der Waals surface area contributed by atoms with Gasteiger partial charge in [-0.2, -0.15) is 0 Å². The Bertz CT molecular complexity index is 874. The maximum absolute atomic E-state index is 12.1. The second-order valence-corrected chi connectivity index (χ2v) is 5.90. The van der Waals surface area contributed by atoms with E-state index in [9.17, 15) is 14.9 Å². The summed E-state index contributed by atoms with van der Waals surface area (Å²) in [5.41, 5.74) is 6.33. The Hall–Kier alpha value is -3.00. The maximum Gasteiger partial charge on any atom is 0.292 e. The van der Waals surface area contributed by atoms with E-state index >= 15 is 0 Å². The number of aromatic nitrogens is 1. The van der Waals surface area contributed by atoms with Crippen molar-refractivity contribution in [1.29, 1.82) is 0 Å². The number of hydrogen-bond donors (Lipinski definition) is 2. The molecule has 7 nitrogen and oxygen atoms in total. The van der Waals surface area contributed by atoms with Crippen molar-refractivity contribution < 1.29 is 9.72 Å². The van der Waals surface area contributed by atoms with Gasteiger partial charge in [-0.15, -0.1) is 11.3 Å². The lowest BCUT2D eigenvalue weighted by molar-refractivity contribution is -0.383. The fourth-order valence-electron chi connectivity index (χ4n) is 2.10. The van der Waals surface area contributed by atoms with Crippen LogP contribution >= 0.6 is 11.3 Å². The first-order chi connectivity index (χ1) is 11.0. The molecule has 0 atom stereocenters. The van der Waals surface area contributed by atoms with Gasteiger partial charge in [-0.25, -0.2) is 4.98 Å². The third-order valence-electron chi connectivity index (χ3n) is 3.23. The van der Waals surface area contributed by atoms with Crippen molar-refractivity contribution in [2.75, 3.05) is 5.73 Å². The Labute approximate surface area is 134 Å². The highest BCUT2D eigenvalue weighted by Gasteiger charge is 2.15. The second-order valence-electron chi connectivity index (χ2n) is 4.79. The number of para-hydroxylation sites is 1. The zero-order valence-electron chi connectivity index (χ0n) is 11.9. The molecule has 0 spiro atoms. The fraction of sp³-hybridized carbons (Fsp3) is 0.0667. The van der Waals surface area contributed by atoms with Gasteiger partial charge in [-0.1, -0.05) is 12.1 Å². The first kappa shape index (κ1) is 14.9. The zero-order valence-corrected chi connectivity index (χ0v) is 12.7. The molecule has 0 unspecified atom stereocenters. The highest BCUT2D eigenvalue weighted by Crippen LogP contribution is 2.23. The van der Waals surface area contributed by atoms with Crippen LogP contribution in [-0.4, -0.2) is 15.8 Å². The number of carbonyl (C=O) groups is 1. The van der Waals surface area contributed by atoms with Gasteiger partial charge in [0.05, 0.1) is 21.7 Å². The van der Waals surface area contributed by atoms with Gasteiger partial charge >= 0.3 is 0 Å². The molecule has 1 aromatic heterocycles. The normalized spacial score (nSPS) is 10.6. The van der Waals surface area contributed by atoms with Crippen molar-refractivity contribution in [2.24, 2.45) is 0 Å². The molecule has 0 radical (unpaired) electrons. The second kappa shape index (κ2) is 6.01. The van der Waals surface area contributed by atoms with Gasteiger partial charge in [0, 0.05) is 11.6 Å². The topological polar surface area (TPSA) is 111 Å². The number of nitrogens with one attached hydrogen (secondary N) is 1. The fourth-order valence-corrected chi connectivity index (χ4v) is 3.00. The minimum Gasteiger partial charge on any atom is -0.393 e. The average molecular weight is 328 g/mol. The van der Waals surface area contributed by atoms with Crippen LogP contribution in [0.25, 0.3) is 10.2 Å². The van der Waals surface area contributed by atoms with Crippen molar-refractivity contribution in [3.05, 3.63) is 63.1 Å². The lowest BCUT2D eigenvalue weighted by atomic mass is 10.1. The molecule has 0 bridgehead atoms. The number of nitrogens with zero attached hydrogens (tertiary/aromatic N) is 2. The summed E-state index contributed by atoms with van der Waals surface area (Å²) in [4.78, 5) is 26.8. The van der Waals surface area contributed by atoms with Crippen LogP contribution in [0, 0.1) is 10.1 Å². The van der Waals surface area contributed by atoms with Crippen molar-refractivity contribution >= 4 is 38.8 Å². The molecule has 116 valence electrons. The van der Waals surface area contributed by atoms with Crippen molar-refractivity contribution in [3.63, 3.8) is 0 Å². The first-order valence-corrected chi connectivity index (χ1v) is 7.53. The number of amides is 1. The highest BCUT2D eigenvalue weighted by atomic mass is 32.1. The molecule has 3 N–H and O–H groups in total. The number of carbonyl (C=O) groups excluding carboxylic acids is 1. The van der Waals surface area contributed by atoms with Gasteiger partial charge in [0.1, 0.15) is 10.7 Å². The van der Waals surface area contributed by atoms with E-state index in [1.165, 1.54) is 29.5 Å². The minimum absolute atomic E-state index is 0.0257. The van der Waals surface area contributed by atoms with Gasteiger partial charge in [-0.05, 0) is 24.3 Å². The number of hydrogen-bond acceptors (Lipinski definition) is 6. The van der Waals surface area contributed by atoms with Crippen LogP contribution in [0.5, 0.6) is 0 Å². The smallest absolute Gasteiger partial charge is 0.292 e. The molecule has 0 aliphatic rings. The van der Waals surface area contributed by atoms with Crippen molar-refractivity contribution in [1.82, 2.24) is 10.3 Å². The number of fused-ring (bicyclic) bond motifs is 1. The highest BCUT2D eigenvalue weighted by molar-refractivity contribution is 7.18. The molecule has 0 aliphatic heterocycles. The zero-order chi connectivity index (χ0) is 16.4. The molecule has 0 saturated heterocycles. The summed E-state index contributed by atoms with van der Waals surface area (Å²) in [5, 5.41) is 14.3. The Kier molecular flexibility index (Phi) is 3.90. The quantitative estimate of drug-likeness (QED) is 0.434. The molecule has 23 heavy (non-hydrogen) atoms. The van der Waals surface area contributed by atoms with E-state index in [0.29, 0.717) is 0 Å². The maximum atomic E-state index is 12.1. The van der Waals surface area contributed by atoms with Crippen molar-refractivity contribution in [2.45, 2.75) is 6.54 Å². The van der Waals surface area contributed by atoms with Crippen LogP contribution in [0.4, 0.5) is 11.4 Å². The molecule has 3 aromatic rings. The molecule has 0 aliphatic carbocycles. The van der Waals surface area contributed by atoms with Gasteiger partial charge in [0.15, 0.2) is 0 Å². The van der Waals surface area contributed by atoms with Crippen molar-refractivity contribution in [3.8, 4) is 0 Å². The number of anilines is 1. The molecule has 1 heterocycles. The summed E-state index contributed by atoms with van der Waals surface area (Å²) >= 11 is 1.49. The van der Waals surface area contributed by atoms with Crippen LogP contribution in [-0.2, 0) is 6.54 Å². The summed E-state index contributed by atoms with van der Waals surface area (Å²) in [5.74, 6) is -0.410. The molecule has 0 fully saturated rings. The van der Waals surface area contributed by atoms with Gasteiger partial charge in [-0.3, -0.25) is 14.9 Å². The Morgan fingerprint density at radius 1 is 1.30 bits per heavy atom. The molecular formula is C15H12N4O3S. The Morgan fingerprint density at radius 3 is 2.83 bits per heavy atom. The standard InChI is InChI=1S/C15H12N4O3S/c16-10-6-5-9(7-12(10)19(21)22)15(20)17-8-14-18-11-3-1-2-4-13(11)23-14/h1-7H,8,16H2,(H,17,20). The predicted molar refractivity (Wildman–Crippen MR) is 88.3 cm³/mol. The summed E-state index contributed by atoms with van der Waals surface area (Å²) in [7, 11) is 0. The molecule has 1 amide bonds. The van der Waals surface area contributed by atoms with Crippen LogP contribution < -0.4 is 11.1 Å². The summed E-state index contributed by atoms with van der Waals surface area (Å²) in [6.45, 7) is 0.260. The van der Waals surface area contributed by atoms with Gasteiger partial charge in [0.2, 0.25) is 0 Å². The van der Waals surface area contributed by atoms with Crippen LogP contribution in [0.15, 0.2) is 42.5 Å². The predicted octanol–water partition coefficient (Wildman–Crippen LogP) is 2.72. The molecular weight excluding hydrogens is 316 g/mol. The average Bonchev–Trinajstić information content (AvgIpc) is 2.95. The number of nitro groups is 1. The molecule has 2 aromatic carbocycles. The number of nitrogens with two attached hydrogens (primary N) is 1. The van der Waals surface area contributed by atoms with E-state index in [1.54, 1.807) is 0 Å². The Morgan fingerprint density at radius 2 is 2.09 bits per heavy atom. The van der Waals surface area contributed by atoms with E-state index in [4.69, 9.17) is 5.73 Å². The number of rotatable bonds is 4. The monoisotopic (exact) mass is 328 g/mol. The van der Waals surface area contributed by atoms with E-state index in [0.717, 1.165) is 15.2 Å². The summed E-state index contributed by atoms with van der Waals surface area (Å²) in [6, 6.07) is 11.7. The number of benzene rings is 2. The molecule has 0 saturated carbocycles. The van der Waals surface area contributed by atoms with E-state index in [1.807, 2.05) is 24.3 Å². The molecule has 3 rings (SSSR count). The third-order valence-corrected chi connectivity index (χ3v) is 4.26. The minimum atomic E-state index is -0.611. The summed E-state index contributed by atoms with van der Waals surface area (Å²) in [6.07, 6.45) is 0. The van der Waals surface area contributed by atoms with Crippen LogP contribution in [0.1, 0.15) is 15.4 Å². The lowest BCUT2D eigenvalue weighted by Gasteiger charge is -2.04. The molecule has 8 heteroatoms. The van der Waals surface area contributed by atoms with Crippen LogP contribution in [0.2, 0.25) is 0 Å².